The predicted octanol–water partition coefficient (Wildman–Crippen LogP) is 6.00. The minimum atomic E-state index is -3.52. The molecule has 0 bridgehead atoms. The van der Waals surface area contributed by atoms with Crippen LogP contribution >= 0.6 is 0 Å². The van der Waals surface area contributed by atoms with E-state index in [9.17, 15) is 13.2 Å². The Morgan fingerprint density at radius 1 is 0.921 bits per heavy atom. The van der Waals surface area contributed by atoms with Crippen molar-refractivity contribution in [2.45, 2.75) is 82.6 Å². The first-order chi connectivity index (χ1) is 18.1. The lowest BCUT2D eigenvalue weighted by Crippen LogP contribution is -2.44. The van der Waals surface area contributed by atoms with Gasteiger partial charge in [0.2, 0.25) is 15.9 Å². The molecular formula is C31H44N2O4S. The Balaban J connectivity index is 1.41. The van der Waals surface area contributed by atoms with Gasteiger partial charge in [0.15, 0.2) is 0 Å². The second kappa shape index (κ2) is 12.2. The van der Waals surface area contributed by atoms with Gasteiger partial charge >= 0.3 is 0 Å². The van der Waals surface area contributed by atoms with Crippen LogP contribution in [0, 0.1) is 11.8 Å². The highest BCUT2D eigenvalue weighted by molar-refractivity contribution is 7.89. The molecule has 6 nitrogen and oxygen atoms in total. The first kappa shape index (κ1) is 28.6. The summed E-state index contributed by atoms with van der Waals surface area (Å²) >= 11 is 0. The van der Waals surface area contributed by atoms with E-state index in [0.717, 1.165) is 55.4 Å². The van der Waals surface area contributed by atoms with Crippen LogP contribution in [0.1, 0.15) is 76.8 Å². The van der Waals surface area contributed by atoms with E-state index in [1.54, 1.807) is 23.5 Å². The van der Waals surface area contributed by atoms with Crippen molar-refractivity contribution in [1.29, 1.82) is 0 Å². The molecule has 2 aliphatic rings. The molecule has 4 rings (SSSR count). The van der Waals surface area contributed by atoms with Crippen molar-refractivity contribution in [3.05, 3.63) is 59.7 Å². The molecule has 1 saturated heterocycles. The number of benzene rings is 2. The molecule has 2 fully saturated rings. The zero-order chi connectivity index (χ0) is 27.3. The molecule has 1 aliphatic heterocycles. The second-order valence-corrected chi connectivity index (χ2v) is 14.0. The normalized spacial score (nSPS) is 18.3. The van der Waals surface area contributed by atoms with Crippen LogP contribution in [0.3, 0.4) is 0 Å². The van der Waals surface area contributed by atoms with Gasteiger partial charge in [-0.15, -0.1) is 0 Å². The molecule has 0 atom stereocenters. The van der Waals surface area contributed by atoms with Gasteiger partial charge in [-0.2, -0.15) is 4.31 Å². The van der Waals surface area contributed by atoms with Crippen molar-refractivity contribution in [3.63, 3.8) is 0 Å². The van der Waals surface area contributed by atoms with Crippen LogP contribution in [-0.4, -0.2) is 50.3 Å². The van der Waals surface area contributed by atoms with Crippen LogP contribution in [0.25, 0.3) is 0 Å². The maximum Gasteiger partial charge on any atom is 0.243 e. The minimum Gasteiger partial charge on any atom is -0.497 e. The Morgan fingerprint density at radius 2 is 1.53 bits per heavy atom. The average Bonchev–Trinajstić information content (AvgIpc) is 2.93. The minimum absolute atomic E-state index is 0.0204. The summed E-state index contributed by atoms with van der Waals surface area (Å²) in [6.07, 6.45) is 6.94. The fourth-order valence-corrected chi connectivity index (χ4v) is 7.18. The highest BCUT2D eigenvalue weighted by Crippen LogP contribution is 2.30. The second-order valence-electron chi connectivity index (χ2n) is 12.0. The third kappa shape index (κ3) is 6.97. The molecule has 7 heteroatoms. The van der Waals surface area contributed by atoms with Gasteiger partial charge in [-0.1, -0.05) is 64.3 Å². The summed E-state index contributed by atoms with van der Waals surface area (Å²) in [5.41, 5.74) is 2.19. The fourth-order valence-electron chi connectivity index (χ4n) is 5.71. The number of ether oxygens (including phenoxy) is 1. The number of carbonyl (C=O) groups excluding carboxylic acids is 1. The molecule has 1 heterocycles. The molecular weight excluding hydrogens is 496 g/mol. The number of rotatable bonds is 8. The molecule has 2 aromatic carbocycles. The lowest BCUT2D eigenvalue weighted by atomic mass is 9.87. The Morgan fingerprint density at radius 3 is 2.08 bits per heavy atom. The van der Waals surface area contributed by atoms with Crippen molar-refractivity contribution < 1.29 is 17.9 Å². The maximum atomic E-state index is 13.6. The van der Waals surface area contributed by atoms with Crippen molar-refractivity contribution >= 4 is 15.9 Å². The van der Waals surface area contributed by atoms with E-state index in [1.807, 2.05) is 41.3 Å². The molecule has 0 radical (unpaired) electrons. The van der Waals surface area contributed by atoms with Crippen molar-refractivity contribution in [1.82, 2.24) is 9.21 Å². The first-order valence-electron chi connectivity index (χ1n) is 14.1. The molecule has 2 aromatic rings. The highest BCUT2D eigenvalue weighted by Gasteiger charge is 2.33. The molecule has 0 unspecified atom stereocenters. The third-order valence-electron chi connectivity index (χ3n) is 8.21. The smallest absolute Gasteiger partial charge is 0.243 e. The number of sulfonamides is 1. The van der Waals surface area contributed by atoms with Crippen molar-refractivity contribution in [2.24, 2.45) is 11.8 Å². The number of hydrogen-bond acceptors (Lipinski definition) is 4. The van der Waals surface area contributed by atoms with Gasteiger partial charge in [-0.25, -0.2) is 8.42 Å². The maximum absolute atomic E-state index is 13.6. The van der Waals surface area contributed by atoms with Crippen molar-refractivity contribution in [3.8, 4) is 5.75 Å². The van der Waals surface area contributed by atoms with Crippen LogP contribution in [-0.2, 0) is 26.8 Å². The molecule has 0 aromatic heterocycles. The van der Waals surface area contributed by atoms with Gasteiger partial charge in [0.1, 0.15) is 5.75 Å². The van der Waals surface area contributed by atoms with E-state index in [4.69, 9.17) is 4.74 Å². The quantitative estimate of drug-likeness (QED) is 0.412. The highest BCUT2D eigenvalue weighted by atomic mass is 32.2. The molecule has 1 amide bonds. The lowest BCUT2D eigenvalue weighted by Gasteiger charge is -2.36. The van der Waals surface area contributed by atoms with Gasteiger partial charge in [0.25, 0.3) is 0 Å². The molecule has 38 heavy (non-hydrogen) atoms. The van der Waals surface area contributed by atoms with Crippen LogP contribution in [0.5, 0.6) is 5.75 Å². The summed E-state index contributed by atoms with van der Waals surface area (Å²) in [5.74, 6) is 1.46. The van der Waals surface area contributed by atoms with Crippen LogP contribution in [0.4, 0.5) is 0 Å². The van der Waals surface area contributed by atoms with Crippen LogP contribution < -0.4 is 4.74 Å². The van der Waals surface area contributed by atoms with Crippen LogP contribution in [0.15, 0.2) is 53.4 Å². The van der Waals surface area contributed by atoms with E-state index in [1.165, 1.54) is 6.42 Å². The summed E-state index contributed by atoms with van der Waals surface area (Å²) in [7, 11) is -1.87. The van der Waals surface area contributed by atoms with E-state index in [2.05, 4.69) is 20.8 Å². The van der Waals surface area contributed by atoms with E-state index in [0.29, 0.717) is 31.1 Å². The molecule has 1 aliphatic carbocycles. The van der Waals surface area contributed by atoms with Gasteiger partial charge in [0, 0.05) is 32.1 Å². The zero-order valence-corrected chi connectivity index (χ0v) is 24.3. The standard InChI is InChI=1S/C31H44N2O4S/c1-31(2,3)27-12-16-29(17-13-27)38(35,36)33-20-18-25(19-21-33)23-32(30(34)26-8-6-5-7-9-26)22-24-10-14-28(37-4)15-11-24/h10-17,25-26H,5-9,18-23H2,1-4H3. The van der Waals surface area contributed by atoms with Crippen LogP contribution in [0.2, 0.25) is 0 Å². The number of methoxy groups -OCH3 is 1. The van der Waals surface area contributed by atoms with Gasteiger partial charge in [0.05, 0.1) is 12.0 Å². The zero-order valence-electron chi connectivity index (χ0n) is 23.5. The summed E-state index contributed by atoms with van der Waals surface area (Å²) in [4.78, 5) is 16.0. The number of carbonyl (C=O) groups is 1. The van der Waals surface area contributed by atoms with E-state index < -0.39 is 10.0 Å². The van der Waals surface area contributed by atoms with Gasteiger partial charge in [-0.05, 0) is 72.4 Å². The van der Waals surface area contributed by atoms with Gasteiger partial charge < -0.3 is 9.64 Å². The number of hydrogen-bond donors (Lipinski definition) is 0. The Hall–Kier alpha value is -2.38. The number of piperidine rings is 1. The molecule has 0 spiro atoms. The average molecular weight is 541 g/mol. The fraction of sp³-hybridized carbons (Fsp3) is 0.581. The first-order valence-corrected chi connectivity index (χ1v) is 15.5. The number of amides is 1. The van der Waals surface area contributed by atoms with Gasteiger partial charge in [-0.3, -0.25) is 4.79 Å². The summed E-state index contributed by atoms with van der Waals surface area (Å²) in [5, 5.41) is 0. The Kier molecular flexibility index (Phi) is 9.19. The largest absolute Gasteiger partial charge is 0.497 e. The molecule has 1 saturated carbocycles. The summed E-state index contributed by atoms with van der Waals surface area (Å²) < 4.78 is 33.6. The lowest BCUT2D eigenvalue weighted by molar-refractivity contribution is -0.138. The number of nitrogens with zero attached hydrogens (tertiary/aromatic N) is 2. The Bertz CT molecular complexity index is 1160. The SMILES string of the molecule is COc1ccc(CN(CC2CCN(S(=O)(=O)c3ccc(C(C)(C)C)cc3)CC2)C(=O)C2CCCCC2)cc1. The predicted molar refractivity (Wildman–Crippen MR) is 152 cm³/mol. The van der Waals surface area contributed by atoms with Crippen molar-refractivity contribution in [2.75, 3.05) is 26.7 Å². The monoisotopic (exact) mass is 540 g/mol. The van der Waals surface area contributed by atoms with E-state index in [-0.39, 0.29) is 23.2 Å². The molecule has 208 valence electrons. The summed E-state index contributed by atoms with van der Waals surface area (Å²) in [6, 6.07) is 15.3. The summed E-state index contributed by atoms with van der Waals surface area (Å²) in [6.45, 7) is 8.60. The third-order valence-corrected chi connectivity index (χ3v) is 10.1. The topological polar surface area (TPSA) is 66.9 Å². The van der Waals surface area contributed by atoms with E-state index >= 15 is 0 Å². The Labute approximate surface area is 229 Å². The molecule has 0 N–H and O–H groups in total.